The summed E-state index contributed by atoms with van der Waals surface area (Å²) in [6.07, 6.45) is -9.20. The van der Waals surface area contributed by atoms with Gasteiger partial charge in [0, 0.05) is 43.7 Å². The molecule has 0 aliphatic carbocycles. The summed E-state index contributed by atoms with van der Waals surface area (Å²) in [5.41, 5.74) is -8.62. The number of hydrogen-bond acceptors (Lipinski definition) is 4. The highest BCUT2D eigenvalue weighted by Gasteiger charge is 2.53. The molecule has 0 bridgehead atoms. The molecule has 6 nitrogen and oxygen atoms in total. The molecule has 4 aromatic rings. The summed E-state index contributed by atoms with van der Waals surface area (Å²) < 4.78 is 118. The SMILES string of the molecule is C.COc1ccc(Cl)cc1[C@@]1(F)C(=O)Nc2cc(C(F)(F)F)ccc21.COc1ccc(Cl)cc1[C@@]1(F)C(=O)Nc2cc(C(F)(F)F)ccc21. The number of carbonyl (C=O) groups excluding carboxylic acids is 2. The van der Waals surface area contributed by atoms with Crippen LogP contribution in [0.15, 0.2) is 72.8 Å². The van der Waals surface area contributed by atoms with Gasteiger partial charge in [0.25, 0.3) is 11.8 Å². The zero-order valence-electron chi connectivity index (χ0n) is 24.3. The van der Waals surface area contributed by atoms with Gasteiger partial charge in [-0.05, 0) is 60.7 Å². The molecule has 0 saturated carbocycles. The minimum absolute atomic E-state index is 0. The maximum absolute atomic E-state index is 15.7. The molecule has 0 radical (unpaired) electrons. The second-order valence-corrected chi connectivity index (χ2v) is 11.3. The Labute approximate surface area is 283 Å². The van der Waals surface area contributed by atoms with Gasteiger partial charge in [0.1, 0.15) is 11.5 Å². The van der Waals surface area contributed by atoms with Gasteiger partial charge >= 0.3 is 12.4 Å². The van der Waals surface area contributed by atoms with E-state index in [0.717, 1.165) is 24.3 Å². The van der Waals surface area contributed by atoms with E-state index in [2.05, 4.69) is 10.6 Å². The molecule has 0 unspecified atom stereocenters. The third kappa shape index (κ3) is 6.46. The first kappa shape index (κ1) is 37.3. The van der Waals surface area contributed by atoms with Crippen LogP contribution >= 0.6 is 23.2 Å². The lowest BCUT2D eigenvalue weighted by atomic mass is 9.88. The molecule has 2 N–H and O–H groups in total. The highest BCUT2D eigenvalue weighted by Crippen LogP contribution is 2.50. The van der Waals surface area contributed by atoms with Crippen molar-refractivity contribution in [1.82, 2.24) is 0 Å². The fourth-order valence-electron chi connectivity index (χ4n) is 5.34. The van der Waals surface area contributed by atoms with Gasteiger partial charge in [0.2, 0.25) is 11.3 Å². The van der Waals surface area contributed by atoms with Crippen molar-refractivity contribution in [3.63, 3.8) is 0 Å². The number of amides is 2. The van der Waals surface area contributed by atoms with Crippen LogP contribution in [0, 0.1) is 0 Å². The molecule has 2 heterocycles. The number of ether oxygens (including phenoxy) is 2. The van der Waals surface area contributed by atoms with Gasteiger partial charge in [0.15, 0.2) is 0 Å². The topological polar surface area (TPSA) is 76.7 Å². The number of halogens is 10. The molecule has 2 aliphatic heterocycles. The van der Waals surface area contributed by atoms with Crippen molar-refractivity contribution in [2.45, 2.75) is 31.1 Å². The van der Waals surface area contributed by atoms with Crippen molar-refractivity contribution in [3.8, 4) is 11.5 Å². The normalized spacial score (nSPS) is 19.4. The van der Waals surface area contributed by atoms with Crippen LogP contribution in [-0.4, -0.2) is 26.0 Å². The van der Waals surface area contributed by atoms with E-state index in [9.17, 15) is 35.9 Å². The molecule has 0 saturated heterocycles. The fourth-order valence-corrected chi connectivity index (χ4v) is 5.69. The number of anilines is 2. The first-order chi connectivity index (χ1) is 22.3. The van der Waals surface area contributed by atoms with Crippen LogP contribution in [0.5, 0.6) is 11.5 Å². The summed E-state index contributed by atoms with van der Waals surface area (Å²) >= 11 is 11.7. The fraction of sp³-hybridized carbons (Fsp3) is 0.212. The van der Waals surface area contributed by atoms with E-state index in [1.165, 1.54) is 50.6 Å². The standard InChI is InChI=1S/2C16H10ClF4NO2.CH4/c2*1-24-13-5-3-9(17)7-11(13)15(18)10-4-2-8(16(19,20)21)6-12(10)22-14(15)23;/h2*2-7H,1H3,(H,22,23);1H4/t2*15-;/m11./s1. The van der Waals surface area contributed by atoms with E-state index < -0.39 is 46.6 Å². The van der Waals surface area contributed by atoms with Gasteiger partial charge in [-0.25, -0.2) is 8.78 Å². The Bertz CT molecular complexity index is 1810. The summed E-state index contributed by atoms with van der Waals surface area (Å²) in [6, 6.07) is 12.8. The average molecular weight is 735 g/mol. The third-order valence-corrected chi connectivity index (χ3v) is 8.09. The number of benzene rings is 4. The minimum atomic E-state index is -4.60. The van der Waals surface area contributed by atoms with Gasteiger partial charge in [-0.2, -0.15) is 26.3 Å². The Kier molecular flexibility index (Phi) is 9.92. The summed E-state index contributed by atoms with van der Waals surface area (Å²) in [4.78, 5) is 24.5. The molecule has 2 amide bonds. The van der Waals surface area contributed by atoms with Crippen molar-refractivity contribution in [2.24, 2.45) is 0 Å². The largest absolute Gasteiger partial charge is 0.496 e. The maximum atomic E-state index is 15.7. The van der Waals surface area contributed by atoms with E-state index in [-0.39, 0.29) is 62.6 Å². The molecular weight excluding hydrogens is 711 g/mol. The molecule has 0 spiro atoms. The van der Waals surface area contributed by atoms with Crippen molar-refractivity contribution in [1.29, 1.82) is 0 Å². The second kappa shape index (κ2) is 13.0. The van der Waals surface area contributed by atoms with Crippen molar-refractivity contribution in [3.05, 3.63) is 116 Å². The van der Waals surface area contributed by atoms with Gasteiger partial charge < -0.3 is 20.1 Å². The quantitative estimate of drug-likeness (QED) is 0.205. The van der Waals surface area contributed by atoms with Crippen LogP contribution in [0.1, 0.15) is 40.8 Å². The number of hydrogen-bond donors (Lipinski definition) is 2. The highest BCUT2D eigenvalue weighted by atomic mass is 35.5. The second-order valence-electron chi connectivity index (χ2n) is 10.4. The van der Waals surface area contributed by atoms with Gasteiger partial charge in [0.05, 0.1) is 25.3 Å². The Morgan fingerprint density at radius 1 is 0.571 bits per heavy atom. The number of rotatable bonds is 4. The predicted molar refractivity (Wildman–Crippen MR) is 167 cm³/mol. The highest BCUT2D eigenvalue weighted by molar-refractivity contribution is 6.31. The van der Waals surface area contributed by atoms with E-state index in [1.807, 2.05) is 0 Å². The first-order valence-corrected chi connectivity index (χ1v) is 14.2. The maximum Gasteiger partial charge on any atom is 0.416 e. The van der Waals surface area contributed by atoms with Crippen LogP contribution in [0.25, 0.3) is 0 Å². The van der Waals surface area contributed by atoms with Crippen LogP contribution in [-0.2, 0) is 33.3 Å². The van der Waals surface area contributed by atoms with Crippen LogP contribution in [0.4, 0.5) is 46.5 Å². The lowest BCUT2D eigenvalue weighted by Crippen LogP contribution is -2.31. The Balaban J connectivity index is 0.000000216. The van der Waals surface area contributed by atoms with E-state index >= 15 is 8.78 Å². The van der Waals surface area contributed by atoms with Crippen molar-refractivity contribution >= 4 is 46.4 Å². The molecule has 0 fully saturated rings. The first-order valence-electron chi connectivity index (χ1n) is 13.5. The Morgan fingerprint density at radius 3 is 1.22 bits per heavy atom. The van der Waals surface area contributed by atoms with Gasteiger partial charge in [-0.15, -0.1) is 0 Å². The monoisotopic (exact) mass is 734 g/mol. The van der Waals surface area contributed by atoms with Gasteiger partial charge in [-0.1, -0.05) is 42.8 Å². The number of carbonyl (C=O) groups is 2. The van der Waals surface area contributed by atoms with Crippen LogP contribution in [0.3, 0.4) is 0 Å². The van der Waals surface area contributed by atoms with Crippen LogP contribution in [0.2, 0.25) is 10.0 Å². The summed E-state index contributed by atoms with van der Waals surface area (Å²) in [5.74, 6) is -2.08. The van der Waals surface area contributed by atoms with E-state index in [1.54, 1.807) is 0 Å². The zero-order chi connectivity index (χ0) is 35.4. The molecule has 4 aromatic carbocycles. The number of methoxy groups -OCH3 is 2. The predicted octanol–water partition coefficient (Wildman–Crippen LogP) is 9.70. The average Bonchev–Trinajstić information content (AvgIpc) is 3.44. The van der Waals surface area contributed by atoms with E-state index in [4.69, 9.17) is 32.7 Å². The Morgan fingerprint density at radius 2 is 0.918 bits per heavy atom. The van der Waals surface area contributed by atoms with E-state index in [0.29, 0.717) is 12.1 Å². The molecular formula is C33H24Cl2F8N2O4. The lowest BCUT2D eigenvalue weighted by Gasteiger charge is -2.21. The summed E-state index contributed by atoms with van der Waals surface area (Å²) in [6.45, 7) is 0. The van der Waals surface area contributed by atoms with Crippen molar-refractivity contribution in [2.75, 3.05) is 24.9 Å². The molecule has 16 heteroatoms. The summed E-state index contributed by atoms with van der Waals surface area (Å²) in [5, 5.41) is 4.64. The number of fused-ring (bicyclic) bond motifs is 2. The molecule has 2 atom stereocenters. The zero-order valence-corrected chi connectivity index (χ0v) is 25.9. The molecule has 0 aromatic heterocycles. The van der Waals surface area contributed by atoms with Gasteiger partial charge in [-0.3, -0.25) is 9.59 Å². The minimum Gasteiger partial charge on any atom is -0.496 e. The molecule has 49 heavy (non-hydrogen) atoms. The summed E-state index contributed by atoms with van der Waals surface area (Å²) in [7, 11) is 2.58. The molecule has 2 aliphatic rings. The number of alkyl halides is 8. The van der Waals surface area contributed by atoms with Crippen LogP contribution < -0.4 is 20.1 Å². The lowest BCUT2D eigenvalue weighted by molar-refractivity contribution is -0.138. The molecule has 6 rings (SSSR count). The van der Waals surface area contributed by atoms with Crippen molar-refractivity contribution < 1.29 is 54.2 Å². The number of nitrogens with one attached hydrogen (secondary N) is 2. The third-order valence-electron chi connectivity index (χ3n) is 7.62. The smallest absolute Gasteiger partial charge is 0.416 e. The Hall–Kier alpha value is -4.56. The molecule has 260 valence electrons.